The van der Waals surface area contributed by atoms with Crippen molar-refractivity contribution in [3.05, 3.63) is 93.8 Å². The highest BCUT2D eigenvalue weighted by atomic mass is 16.5. The molecule has 0 bridgehead atoms. The number of aryl methyl sites for hydroxylation is 2. The number of anilines is 1. The summed E-state index contributed by atoms with van der Waals surface area (Å²) >= 11 is 0. The van der Waals surface area contributed by atoms with E-state index in [1.165, 1.54) is 11.1 Å². The van der Waals surface area contributed by atoms with Gasteiger partial charge in [0.2, 0.25) is 5.88 Å². The van der Waals surface area contributed by atoms with Crippen molar-refractivity contribution in [3.8, 4) is 0 Å². The third kappa shape index (κ3) is 2.68. The molecular formula is C24H22N2O2. The fourth-order valence-electron chi connectivity index (χ4n) is 4.62. The Kier molecular flexibility index (Phi) is 3.93. The Balaban J connectivity index is 1.64. The Bertz CT molecular complexity index is 1090. The molecule has 0 radical (unpaired) electrons. The summed E-state index contributed by atoms with van der Waals surface area (Å²) in [6, 6.07) is 18.7. The average Bonchev–Trinajstić information content (AvgIpc) is 3.07. The minimum absolute atomic E-state index is 0.123. The maximum absolute atomic E-state index is 13.4. The van der Waals surface area contributed by atoms with E-state index in [0.717, 1.165) is 34.5 Å². The van der Waals surface area contributed by atoms with Gasteiger partial charge in [0.05, 0.1) is 11.3 Å². The standard InChI is InChI=1S/C24H22N2O2/c1-14-7-6-10-17(11-14)22-21-15(2)26-28-24(21)25-19-12-18(13-20(27)23(19)22)16-8-4-3-5-9-16/h3-11,18,22,25H,12-13H2,1-2H3/t18-,22-/m1/s1. The number of ketones is 1. The molecule has 2 atom stereocenters. The van der Waals surface area contributed by atoms with Crippen molar-refractivity contribution < 1.29 is 9.32 Å². The van der Waals surface area contributed by atoms with Crippen molar-refractivity contribution in [2.75, 3.05) is 5.32 Å². The summed E-state index contributed by atoms with van der Waals surface area (Å²) in [5, 5.41) is 7.57. The van der Waals surface area contributed by atoms with Gasteiger partial charge in [0.1, 0.15) is 0 Å². The molecular weight excluding hydrogens is 348 g/mol. The maximum atomic E-state index is 13.4. The van der Waals surface area contributed by atoms with Crippen LogP contribution in [0.25, 0.3) is 0 Å². The third-order valence-electron chi connectivity index (χ3n) is 5.90. The SMILES string of the molecule is Cc1cccc([C@H]2C3=C(C[C@@H](c4ccccc4)CC3=O)Nc3onc(C)c32)c1. The van der Waals surface area contributed by atoms with Gasteiger partial charge in [-0.25, -0.2) is 0 Å². The second-order valence-electron chi connectivity index (χ2n) is 7.81. The summed E-state index contributed by atoms with van der Waals surface area (Å²) < 4.78 is 5.59. The van der Waals surface area contributed by atoms with E-state index >= 15 is 0 Å². The van der Waals surface area contributed by atoms with Crippen molar-refractivity contribution in [2.45, 2.75) is 38.5 Å². The summed E-state index contributed by atoms with van der Waals surface area (Å²) in [4.78, 5) is 13.4. The van der Waals surface area contributed by atoms with E-state index in [1.807, 2.05) is 25.1 Å². The molecule has 1 aromatic heterocycles. The zero-order chi connectivity index (χ0) is 19.3. The smallest absolute Gasteiger partial charge is 0.233 e. The van der Waals surface area contributed by atoms with Crippen LogP contribution >= 0.6 is 0 Å². The van der Waals surface area contributed by atoms with E-state index in [2.05, 4.69) is 53.8 Å². The molecule has 4 heteroatoms. The van der Waals surface area contributed by atoms with Gasteiger partial charge in [-0.3, -0.25) is 4.79 Å². The minimum atomic E-state index is -0.123. The Morgan fingerprint density at radius 3 is 2.57 bits per heavy atom. The molecule has 0 saturated heterocycles. The van der Waals surface area contributed by atoms with E-state index in [1.54, 1.807) is 0 Å². The predicted molar refractivity (Wildman–Crippen MR) is 108 cm³/mol. The average molecular weight is 370 g/mol. The lowest BCUT2D eigenvalue weighted by molar-refractivity contribution is -0.116. The summed E-state index contributed by atoms with van der Waals surface area (Å²) in [6.07, 6.45) is 1.33. The number of rotatable bonds is 2. The molecule has 140 valence electrons. The van der Waals surface area contributed by atoms with E-state index < -0.39 is 0 Å². The zero-order valence-corrected chi connectivity index (χ0v) is 16.0. The van der Waals surface area contributed by atoms with Gasteiger partial charge in [-0.05, 0) is 37.3 Å². The molecule has 0 unspecified atom stereocenters. The van der Waals surface area contributed by atoms with Crippen molar-refractivity contribution in [1.82, 2.24) is 5.16 Å². The van der Waals surface area contributed by atoms with E-state index in [-0.39, 0.29) is 17.6 Å². The van der Waals surface area contributed by atoms with Crippen LogP contribution in [0.15, 0.2) is 70.4 Å². The number of nitrogens with one attached hydrogen (secondary N) is 1. The van der Waals surface area contributed by atoms with Gasteiger partial charge in [-0.15, -0.1) is 0 Å². The summed E-state index contributed by atoms with van der Waals surface area (Å²) in [7, 11) is 0. The number of fused-ring (bicyclic) bond motifs is 1. The number of aromatic nitrogens is 1. The van der Waals surface area contributed by atoms with Gasteiger partial charge < -0.3 is 9.84 Å². The normalized spacial score (nSPS) is 21.1. The number of Topliss-reactive ketones (excluding diaryl/α,β-unsaturated/α-hetero) is 1. The first-order valence-electron chi connectivity index (χ1n) is 9.72. The lowest BCUT2D eigenvalue weighted by Gasteiger charge is -2.34. The van der Waals surface area contributed by atoms with Crippen LogP contribution in [0.4, 0.5) is 5.88 Å². The summed E-state index contributed by atoms with van der Waals surface area (Å²) in [5.74, 6) is 0.940. The van der Waals surface area contributed by atoms with Crippen LogP contribution in [0.3, 0.4) is 0 Å². The fourth-order valence-corrected chi connectivity index (χ4v) is 4.62. The van der Waals surface area contributed by atoms with Gasteiger partial charge in [-0.2, -0.15) is 0 Å². The molecule has 2 heterocycles. The van der Waals surface area contributed by atoms with E-state index in [4.69, 9.17) is 4.52 Å². The molecule has 28 heavy (non-hydrogen) atoms. The highest BCUT2D eigenvalue weighted by Gasteiger charge is 2.41. The molecule has 2 aromatic carbocycles. The van der Waals surface area contributed by atoms with Gasteiger partial charge in [0.25, 0.3) is 0 Å². The van der Waals surface area contributed by atoms with Crippen LogP contribution in [0, 0.1) is 13.8 Å². The molecule has 3 aromatic rings. The first-order chi connectivity index (χ1) is 13.6. The lowest BCUT2D eigenvalue weighted by atomic mass is 9.72. The second-order valence-corrected chi connectivity index (χ2v) is 7.81. The number of carbonyl (C=O) groups excluding carboxylic acids is 1. The largest absolute Gasteiger partial charge is 0.338 e. The fraction of sp³-hybridized carbons (Fsp3) is 0.250. The van der Waals surface area contributed by atoms with Gasteiger partial charge in [0.15, 0.2) is 5.78 Å². The monoisotopic (exact) mass is 370 g/mol. The van der Waals surface area contributed by atoms with Crippen LogP contribution in [0.1, 0.15) is 52.6 Å². The summed E-state index contributed by atoms with van der Waals surface area (Å²) in [5.41, 5.74) is 7.16. The van der Waals surface area contributed by atoms with Gasteiger partial charge in [0, 0.05) is 23.6 Å². The van der Waals surface area contributed by atoms with E-state index in [9.17, 15) is 4.79 Å². The number of carbonyl (C=O) groups is 1. The molecule has 1 N–H and O–H groups in total. The Labute approximate surface area is 164 Å². The van der Waals surface area contributed by atoms with Crippen LogP contribution in [-0.2, 0) is 4.79 Å². The van der Waals surface area contributed by atoms with Crippen molar-refractivity contribution in [3.63, 3.8) is 0 Å². The first kappa shape index (κ1) is 17.0. The van der Waals surface area contributed by atoms with Crippen molar-refractivity contribution in [2.24, 2.45) is 0 Å². The number of hydrogen-bond acceptors (Lipinski definition) is 4. The molecule has 1 aliphatic carbocycles. The molecule has 0 fully saturated rings. The number of benzene rings is 2. The van der Waals surface area contributed by atoms with Crippen LogP contribution in [0.5, 0.6) is 0 Å². The molecule has 0 spiro atoms. The molecule has 2 aliphatic rings. The molecule has 1 aliphatic heterocycles. The minimum Gasteiger partial charge on any atom is -0.338 e. The number of nitrogens with zero attached hydrogens (tertiary/aromatic N) is 1. The van der Waals surface area contributed by atoms with Crippen LogP contribution < -0.4 is 5.32 Å². The Morgan fingerprint density at radius 2 is 1.79 bits per heavy atom. The molecule has 0 amide bonds. The zero-order valence-electron chi connectivity index (χ0n) is 16.0. The Hall–Kier alpha value is -3.14. The van der Waals surface area contributed by atoms with Gasteiger partial charge >= 0.3 is 0 Å². The lowest BCUT2D eigenvalue weighted by Crippen LogP contribution is -2.29. The Morgan fingerprint density at radius 1 is 1.00 bits per heavy atom. The molecule has 5 rings (SSSR count). The molecule has 0 saturated carbocycles. The molecule has 4 nitrogen and oxygen atoms in total. The highest BCUT2D eigenvalue weighted by molar-refractivity contribution is 6.01. The van der Waals surface area contributed by atoms with E-state index in [0.29, 0.717) is 12.3 Å². The quantitative estimate of drug-likeness (QED) is 0.669. The first-order valence-corrected chi connectivity index (χ1v) is 9.72. The van der Waals surface area contributed by atoms with Crippen LogP contribution in [-0.4, -0.2) is 10.9 Å². The third-order valence-corrected chi connectivity index (χ3v) is 5.90. The van der Waals surface area contributed by atoms with Crippen LogP contribution in [0.2, 0.25) is 0 Å². The topological polar surface area (TPSA) is 55.1 Å². The van der Waals surface area contributed by atoms with Crippen molar-refractivity contribution in [1.29, 1.82) is 0 Å². The maximum Gasteiger partial charge on any atom is 0.233 e. The number of allylic oxidation sites excluding steroid dienone is 2. The van der Waals surface area contributed by atoms with Gasteiger partial charge in [-0.1, -0.05) is 65.3 Å². The highest BCUT2D eigenvalue weighted by Crippen LogP contribution is 2.49. The number of hydrogen-bond donors (Lipinski definition) is 1. The second kappa shape index (κ2) is 6.48. The van der Waals surface area contributed by atoms with Crippen molar-refractivity contribution >= 4 is 11.7 Å². The summed E-state index contributed by atoms with van der Waals surface area (Å²) in [6.45, 7) is 4.02. The predicted octanol–water partition coefficient (Wildman–Crippen LogP) is 5.25.